The van der Waals surface area contributed by atoms with Crippen molar-refractivity contribution in [3.05, 3.63) is 40.0 Å². The van der Waals surface area contributed by atoms with E-state index in [1.54, 1.807) is 6.08 Å². The van der Waals surface area contributed by atoms with Crippen molar-refractivity contribution in [2.75, 3.05) is 0 Å². The zero-order valence-corrected chi connectivity index (χ0v) is 10.2. The normalized spacial score (nSPS) is 11.4. The number of hydrogen-bond donors (Lipinski definition) is 2. The van der Waals surface area contributed by atoms with Gasteiger partial charge in [-0.05, 0) is 35.0 Å². The lowest BCUT2D eigenvalue weighted by Gasteiger charge is -1.94. The van der Waals surface area contributed by atoms with Crippen LogP contribution in [-0.2, 0) is 4.79 Å². The fourth-order valence-electron chi connectivity index (χ4n) is 1.70. The van der Waals surface area contributed by atoms with Crippen molar-refractivity contribution < 1.29 is 9.90 Å². The van der Waals surface area contributed by atoms with Gasteiger partial charge in [0.15, 0.2) is 0 Å². The van der Waals surface area contributed by atoms with E-state index in [9.17, 15) is 4.79 Å². The number of nitrogens with one attached hydrogen (secondary N) is 1. The highest BCUT2D eigenvalue weighted by Gasteiger charge is 2.07. The average molecular weight is 280 g/mol. The molecule has 0 bridgehead atoms. The van der Waals surface area contributed by atoms with Gasteiger partial charge >= 0.3 is 5.97 Å². The molecule has 2 aromatic rings. The van der Waals surface area contributed by atoms with Crippen LogP contribution in [0.4, 0.5) is 0 Å². The van der Waals surface area contributed by atoms with Crippen molar-refractivity contribution in [3.63, 3.8) is 0 Å². The van der Waals surface area contributed by atoms with Crippen molar-refractivity contribution in [1.82, 2.24) is 4.98 Å². The maximum atomic E-state index is 10.5. The number of rotatable bonds is 2. The second-order valence-corrected chi connectivity index (χ2v) is 4.35. The standard InChI is InChI=1S/C12H10BrNO2/c1-7-8(5-6-11(15)16)9-3-2-4-10(13)12(9)14-7/h2-6,14H,1H3,(H,15,16)/b6-5+. The number of carboxylic acid groups (broad SMARTS) is 1. The molecule has 1 aromatic heterocycles. The summed E-state index contributed by atoms with van der Waals surface area (Å²) in [5.74, 6) is -0.941. The van der Waals surface area contributed by atoms with Crippen molar-refractivity contribution >= 4 is 38.9 Å². The Morgan fingerprint density at radius 2 is 2.25 bits per heavy atom. The summed E-state index contributed by atoms with van der Waals surface area (Å²) in [5, 5.41) is 9.64. The van der Waals surface area contributed by atoms with Gasteiger partial charge in [-0.15, -0.1) is 0 Å². The Balaban J connectivity index is 2.65. The molecule has 0 spiro atoms. The summed E-state index contributed by atoms with van der Waals surface area (Å²) >= 11 is 3.45. The van der Waals surface area contributed by atoms with Gasteiger partial charge in [-0.2, -0.15) is 0 Å². The van der Waals surface area contributed by atoms with E-state index < -0.39 is 5.97 Å². The third kappa shape index (κ3) is 1.88. The molecule has 16 heavy (non-hydrogen) atoms. The van der Waals surface area contributed by atoms with Crippen LogP contribution >= 0.6 is 15.9 Å². The molecule has 0 fully saturated rings. The van der Waals surface area contributed by atoms with Gasteiger partial charge in [0.2, 0.25) is 0 Å². The number of halogens is 1. The first kappa shape index (κ1) is 11.0. The zero-order valence-electron chi connectivity index (χ0n) is 8.62. The highest BCUT2D eigenvalue weighted by atomic mass is 79.9. The van der Waals surface area contributed by atoms with Crippen molar-refractivity contribution in [3.8, 4) is 0 Å². The molecular weight excluding hydrogens is 270 g/mol. The van der Waals surface area contributed by atoms with Gasteiger partial charge in [0.1, 0.15) is 0 Å². The number of aromatic amines is 1. The Bertz CT molecular complexity index is 584. The van der Waals surface area contributed by atoms with Crippen molar-refractivity contribution in [2.24, 2.45) is 0 Å². The topological polar surface area (TPSA) is 53.1 Å². The first-order valence-electron chi connectivity index (χ1n) is 4.77. The summed E-state index contributed by atoms with van der Waals surface area (Å²) in [6.45, 7) is 1.92. The van der Waals surface area contributed by atoms with E-state index >= 15 is 0 Å². The molecule has 0 unspecified atom stereocenters. The van der Waals surface area contributed by atoms with Crippen LogP contribution < -0.4 is 0 Å². The molecule has 3 nitrogen and oxygen atoms in total. The Morgan fingerprint density at radius 3 is 2.94 bits per heavy atom. The molecule has 82 valence electrons. The maximum Gasteiger partial charge on any atom is 0.328 e. The SMILES string of the molecule is Cc1[nH]c2c(Br)cccc2c1/C=C/C(=O)O. The molecule has 0 aliphatic heterocycles. The fraction of sp³-hybridized carbons (Fsp3) is 0.0833. The summed E-state index contributed by atoms with van der Waals surface area (Å²) in [7, 11) is 0. The Labute approximate surface area is 101 Å². The maximum absolute atomic E-state index is 10.5. The minimum absolute atomic E-state index is 0.915. The highest BCUT2D eigenvalue weighted by Crippen LogP contribution is 2.28. The predicted molar refractivity (Wildman–Crippen MR) is 67.4 cm³/mol. The van der Waals surface area contributed by atoms with E-state index in [0.29, 0.717) is 0 Å². The number of fused-ring (bicyclic) bond motifs is 1. The summed E-state index contributed by atoms with van der Waals surface area (Å²) in [6, 6.07) is 5.84. The minimum Gasteiger partial charge on any atom is -0.478 e. The van der Waals surface area contributed by atoms with E-state index in [0.717, 1.165) is 32.7 Å². The minimum atomic E-state index is -0.941. The van der Waals surface area contributed by atoms with E-state index in [2.05, 4.69) is 20.9 Å². The molecule has 0 radical (unpaired) electrons. The second kappa shape index (κ2) is 4.14. The molecule has 0 saturated heterocycles. The summed E-state index contributed by atoms with van der Waals surface area (Å²) in [6.07, 6.45) is 2.76. The van der Waals surface area contributed by atoms with E-state index in [1.165, 1.54) is 0 Å². The Kier molecular flexibility index (Phi) is 2.83. The molecule has 2 N–H and O–H groups in total. The van der Waals surface area contributed by atoms with E-state index in [-0.39, 0.29) is 0 Å². The van der Waals surface area contributed by atoms with Crippen LogP contribution in [0, 0.1) is 6.92 Å². The third-order valence-corrected chi connectivity index (χ3v) is 3.07. The lowest BCUT2D eigenvalue weighted by Crippen LogP contribution is -1.86. The van der Waals surface area contributed by atoms with Crippen LogP contribution in [0.5, 0.6) is 0 Å². The Hall–Kier alpha value is -1.55. The summed E-state index contributed by atoms with van der Waals surface area (Å²) < 4.78 is 0.975. The summed E-state index contributed by atoms with van der Waals surface area (Å²) in [4.78, 5) is 13.7. The lowest BCUT2D eigenvalue weighted by molar-refractivity contribution is -0.131. The van der Waals surface area contributed by atoms with Gasteiger partial charge < -0.3 is 10.1 Å². The molecule has 1 aromatic carbocycles. The van der Waals surface area contributed by atoms with Gasteiger partial charge in [-0.3, -0.25) is 0 Å². The third-order valence-electron chi connectivity index (χ3n) is 2.41. The quantitative estimate of drug-likeness (QED) is 0.829. The van der Waals surface area contributed by atoms with Gasteiger partial charge in [0, 0.05) is 27.2 Å². The van der Waals surface area contributed by atoms with Crippen LogP contribution in [0.25, 0.3) is 17.0 Å². The molecule has 0 saturated carbocycles. The van der Waals surface area contributed by atoms with Gasteiger partial charge in [-0.25, -0.2) is 4.79 Å². The molecule has 4 heteroatoms. The fourth-order valence-corrected chi connectivity index (χ4v) is 2.17. The van der Waals surface area contributed by atoms with Gasteiger partial charge in [0.05, 0.1) is 5.52 Å². The highest BCUT2D eigenvalue weighted by molar-refractivity contribution is 9.10. The van der Waals surface area contributed by atoms with Crippen LogP contribution in [0.2, 0.25) is 0 Å². The van der Waals surface area contributed by atoms with Gasteiger partial charge in [-0.1, -0.05) is 12.1 Å². The van der Waals surface area contributed by atoms with E-state index in [4.69, 9.17) is 5.11 Å². The first-order valence-corrected chi connectivity index (χ1v) is 5.56. The molecular formula is C12H10BrNO2. The van der Waals surface area contributed by atoms with Crippen LogP contribution in [0.1, 0.15) is 11.3 Å². The number of aromatic nitrogens is 1. The summed E-state index contributed by atoms with van der Waals surface area (Å²) in [5.41, 5.74) is 2.86. The first-order chi connectivity index (χ1) is 7.59. The number of aliphatic carboxylic acids is 1. The van der Waals surface area contributed by atoms with E-state index in [1.807, 2.05) is 25.1 Å². The molecule has 1 heterocycles. The van der Waals surface area contributed by atoms with Crippen LogP contribution in [0.15, 0.2) is 28.7 Å². The molecule has 0 amide bonds. The number of para-hydroxylation sites is 1. The second-order valence-electron chi connectivity index (χ2n) is 3.50. The molecule has 0 aliphatic carbocycles. The van der Waals surface area contributed by atoms with Gasteiger partial charge in [0.25, 0.3) is 0 Å². The average Bonchev–Trinajstić information content (AvgIpc) is 2.53. The number of carboxylic acids is 1. The van der Waals surface area contributed by atoms with Crippen LogP contribution in [0.3, 0.4) is 0 Å². The zero-order chi connectivity index (χ0) is 11.7. The number of benzene rings is 1. The Morgan fingerprint density at radius 1 is 1.50 bits per heavy atom. The molecule has 0 aliphatic rings. The van der Waals surface area contributed by atoms with Crippen molar-refractivity contribution in [1.29, 1.82) is 0 Å². The molecule has 0 atom stereocenters. The smallest absolute Gasteiger partial charge is 0.328 e. The number of hydrogen-bond acceptors (Lipinski definition) is 1. The lowest BCUT2D eigenvalue weighted by atomic mass is 10.1. The number of H-pyrrole nitrogens is 1. The monoisotopic (exact) mass is 279 g/mol. The largest absolute Gasteiger partial charge is 0.478 e. The number of carbonyl (C=O) groups is 1. The number of aryl methyl sites for hydroxylation is 1. The van der Waals surface area contributed by atoms with Crippen molar-refractivity contribution in [2.45, 2.75) is 6.92 Å². The van der Waals surface area contributed by atoms with Crippen LogP contribution in [-0.4, -0.2) is 16.1 Å². The predicted octanol–water partition coefficient (Wildman–Crippen LogP) is 3.34. The molecule has 2 rings (SSSR count).